The van der Waals surface area contributed by atoms with Gasteiger partial charge in [-0.3, -0.25) is 14.6 Å². The van der Waals surface area contributed by atoms with Gasteiger partial charge in [-0.05, 0) is 44.1 Å². The highest BCUT2D eigenvalue weighted by Crippen LogP contribution is 2.26. The van der Waals surface area contributed by atoms with Crippen LogP contribution in [0.4, 0.5) is 5.82 Å². The lowest BCUT2D eigenvalue weighted by Gasteiger charge is -2.35. The molecular formula is C15H19N3O. The lowest BCUT2D eigenvalue weighted by molar-refractivity contribution is -0.117. The van der Waals surface area contributed by atoms with Crippen molar-refractivity contribution in [1.82, 2.24) is 9.88 Å². The summed E-state index contributed by atoms with van der Waals surface area (Å²) in [4.78, 5) is 20.9. The van der Waals surface area contributed by atoms with E-state index < -0.39 is 0 Å². The third kappa shape index (κ3) is 2.28. The van der Waals surface area contributed by atoms with Crippen LogP contribution < -0.4 is 4.90 Å². The summed E-state index contributed by atoms with van der Waals surface area (Å²) in [7, 11) is 0. The normalized spacial score (nSPS) is 23.5. The van der Waals surface area contributed by atoms with E-state index in [0.29, 0.717) is 12.5 Å². The van der Waals surface area contributed by atoms with Gasteiger partial charge in [0.2, 0.25) is 5.91 Å². The van der Waals surface area contributed by atoms with Crippen molar-refractivity contribution in [3.63, 3.8) is 0 Å². The summed E-state index contributed by atoms with van der Waals surface area (Å²) in [5.74, 6) is 0.941. The number of likely N-dealkylation sites (tertiary alicyclic amines) is 1. The van der Waals surface area contributed by atoms with Gasteiger partial charge in [-0.1, -0.05) is 12.6 Å². The predicted molar refractivity (Wildman–Crippen MR) is 75.9 cm³/mol. The standard InChI is InChI=1S/C15H19N3O/c1-11(2)13-5-3-6-14(16-13)18-10-12(9-15(18)19)17-7-4-8-17/h3,5-6,12H,1,4,7-10H2,2H3/t12-/m1/s1. The van der Waals surface area contributed by atoms with Gasteiger partial charge in [0.1, 0.15) is 5.82 Å². The van der Waals surface area contributed by atoms with Crippen LogP contribution in [0.5, 0.6) is 0 Å². The van der Waals surface area contributed by atoms with Crippen LogP contribution in [0.1, 0.15) is 25.5 Å². The zero-order valence-electron chi connectivity index (χ0n) is 11.3. The van der Waals surface area contributed by atoms with Crippen molar-refractivity contribution < 1.29 is 4.79 Å². The van der Waals surface area contributed by atoms with Crippen LogP contribution in [0.3, 0.4) is 0 Å². The minimum Gasteiger partial charge on any atom is -0.298 e. The van der Waals surface area contributed by atoms with E-state index in [-0.39, 0.29) is 5.91 Å². The molecule has 1 aromatic rings. The smallest absolute Gasteiger partial charge is 0.229 e. The average Bonchev–Trinajstić information content (AvgIpc) is 2.69. The summed E-state index contributed by atoms with van der Waals surface area (Å²) in [5, 5.41) is 0. The second-order valence-corrected chi connectivity index (χ2v) is 5.41. The van der Waals surface area contributed by atoms with Crippen molar-refractivity contribution in [2.45, 2.75) is 25.8 Å². The second-order valence-electron chi connectivity index (χ2n) is 5.41. The van der Waals surface area contributed by atoms with E-state index >= 15 is 0 Å². The molecule has 0 N–H and O–H groups in total. The van der Waals surface area contributed by atoms with Gasteiger partial charge < -0.3 is 0 Å². The first-order chi connectivity index (χ1) is 9.15. The van der Waals surface area contributed by atoms with E-state index in [4.69, 9.17) is 0 Å². The molecule has 0 saturated carbocycles. The van der Waals surface area contributed by atoms with Crippen LogP contribution in [-0.4, -0.2) is 41.5 Å². The zero-order chi connectivity index (χ0) is 13.4. The molecule has 4 nitrogen and oxygen atoms in total. The van der Waals surface area contributed by atoms with E-state index in [2.05, 4.69) is 16.5 Å². The Morgan fingerprint density at radius 1 is 1.42 bits per heavy atom. The number of hydrogen-bond donors (Lipinski definition) is 0. The van der Waals surface area contributed by atoms with Crippen molar-refractivity contribution in [2.24, 2.45) is 0 Å². The second kappa shape index (κ2) is 4.78. The number of anilines is 1. The number of hydrogen-bond acceptors (Lipinski definition) is 3. The van der Waals surface area contributed by atoms with E-state index in [1.807, 2.05) is 30.0 Å². The van der Waals surface area contributed by atoms with Gasteiger partial charge in [0.05, 0.1) is 5.69 Å². The summed E-state index contributed by atoms with van der Waals surface area (Å²) in [5.41, 5.74) is 1.78. The maximum atomic E-state index is 12.1. The lowest BCUT2D eigenvalue weighted by Crippen LogP contribution is -2.46. The van der Waals surface area contributed by atoms with Crippen molar-refractivity contribution in [2.75, 3.05) is 24.5 Å². The molecule has 0 spiro atoms. The Hall–Kier alpha value is -1.68. The largest absolute Gasteiger partial charge is 0.298 e. The number of carbonyl (C=O) groups is 1. The first-order valence-electron chi connectivity index (χ1n) is 6.82. The zero-order valence-corrected chi connectivity index (χ0v) is 11.3. The predicted octanol–water partition coefficient (Wildman–Crippen LogP) is 1.93. The molecule has 0 bridgehead atoms. The average molecular weight is 257 g/mol. The summed E-state index contributed by atoms with van der Waals surface area (Å²) in [6.45, 7) is 8.86. The molecule has 0 aliphatic carbocycles. The fourth-order valence-corrected chi connectivity index (χ4v) is 2.67. The van der Waals surface area contributed by atoms with Crippen LogP contribution in [0.15, 0.2) is 24.8 Å². The van der Waals surface area contributed by atoms with Gasteiger partial charge in [0, 0.05) is 19.0 Å². The first kappa shape index (κ1) is 12.4. The number of pyridine rings is 1. The Morgan fingerprint density at radius 3 is 2.84 bits per heavy atom. The number of allylic oxidation sites excluding steroid dienone is 1. The molecule has 1 atom stereocenters. The molecule has 3 heterocycles. The Balaban J connectivity index is 1.80. The minimum atomic E-state index is 0.184. The Morgan fingerprint density at radius 2 is 2.21 bits per heavy atom. The molecule has 4 heteroatoms. The van der Waals surface area contributed by atoms with E-state index in [1.54, 1.807) is 0 Å². The van der Waals surface area contributed by atoms with Crippen LogP contribution >= 0.6 is 0 Å². The molecule has 1 amide bonds. The van der Waals surface area contributed by atoms with Crippen molar-refractivity contribution in [3.8, 4) is 0 Å². The molecule has 2 aliphatic heterocycles. The third-order valence-corrected chi connectivity index (χ3v) is 3.96. The molecule has 1 aromatic heterocycles. The molecule has 3 rings (SSSR count). The Labute approximate surface area is 113 Å². The molecule has 0 aromatic carbocycles. The molecule has 2 fully saturated rings. The van der Waals surface area contributed by atoms with E-state index in [1.165, 1.54) is 6.42 Å². The van der Waals surface area contributed by atoms with Crippen LogP contribution in [0, 0.1) is 0 Å². The summed E-state index contributed by atoms with van der Waals surface area (Å²) < 4.78 is 0. The molecule has 100 valence electrons. The van der Waals surface area contributed by atoms with Gasteiger partial charge in [-0.25, -0.2) is 4.98 Å². The highest BCUT2D eigenvalue weighted by molar-refractivity contribution is 5.95. The quantitative estimate of drug-likeness (QED) is 0.830. The van der Waals surface area contributed by atoms with Crippen molar-refractivity contribution >= 4 is 17.3 Å². The monoisotopic (exact) mass is 257 g/mol. The van der Waals surface area contributed by atoms with Crippen molar-refractivity contribution in [1.29, 1.82) is 0 Å². The van der Waals surface area contributed by atoms with Crippen molar-refractivity contribution in [3.05, 3.63) is 30.5 Å². The number of aromatic nitrogens is 1. The highest BCUT2D eigenvalue weighted by atomic mass is 16.2. The van der Waals surface area contributed by atoms with Gasteiger partial charge in [-0.15, -0.1) is 0 Å². The molecule has 2 aliphatic rings. The van der Waals surface area contributed by atoms with Gasteiger partial charge in [0.25, 0.3) is 0 Å². The summed E-state index contributed by atoms with van der Waals surface area (Å²) >= 11 is 0. The summed E-state index contributed by atoms with van der Waals surface area (Å²) in [6.07, 6.45) is 1.88. The Kier molecular flexibility index (Phi) is 3.11. The highest BCUT2D eigenvalue weighted by Gasteiger charge is 2.36. The first-order valence-corrected chi connectivity index (χ1v) is 6.82. The maximum Gasteiger partial charge on any atom is 0.229 e. The molecule has 0 radical (unpaired) electrons. The van der Waals surface area contributed by atoms with E-state index in [9.17, 15) is 4.79 Å². The van der Waals surface area contributed by atoms with Crippen LogP contribution in [0.2, 0.25) is 0 Å². The number of amides is 1. The van der Waals surface area contributed by atoms with Gasteiger partial charge in [0.15, 0.2) is 0 Å². The number of rotatable bonds is 3. The molecule has 0 unspecified atom stereocenters. The van der Waals surface area contributed by atoms with Crippen LogP contribution in [-0.2, 0) is 4.79 Å². The van der Waals surface area contributed by atoms with Crippen LogP contribution in [0.25, 0.3) is 5.57 Å². The SMILES string of the molecule is C=C(C)c1cccc(N2C[C@H](N3CCC3)CC2=O)n1. The summed E-state index contributed by atoms with van der Waals surface area (Å²) in [6, 6.07) is 6.15. The number of carbonyl (C=O) groups excluding carboxylic acids is 1. The molecular weight excluding hydrogens is 238 g/mol. The third-order valence-electron chi connectivity index (χ3n) is 3.96. The van der Waals surface area contributed by atoms with E-state index in [0.717, 1.165) is 36.7 Å². The molecule has 2 saturated heterocycles. The van der Waals surface area contributed by atoms with Gasteiger partial charge in [-0.2, -0.15) is 0 Å². The molecule has 19 heavy (non-hydrogen) atoms. The van der Waals surface area contributed by atoms with Gasteiger partial charge >= 0.3 is 0 Å². The lowest BCUT2D eigenvalue weighted by atomic mass is 10.1. The number of nitrogens with zero attached hydrogens (tertiary/aromatic N) is 3. The Bertz CT molecular complexity index is 522. The maximum absolute atomic E-state index is 12.1. The fraction of sp³-hybridized carbons (Fsp3) is 0.467. The topological polar surface area (TPSA) is 36.4 Å². The minimum absolute atomic E-state index is 0.184. The fourth-order valence-electron chi connectivity index (χ4n) is 2.67.